The molecule has 1 fully saturated rings. The van der Waals surface area contributed by atoms with Crippen molar-refractivity contribution in [1.82, 2.24) is 9.88 Å². The second kappa shape index (κ2) is 10.1. The molecule has 1 aromatic heterocycles. The summed E-state index contributed by atoms with van der Waals surface area (Å²) in [5.74, 6) is -4.11. The lowest BCUT2D eigenvalue weighted by Gasteiger charge is -2.27. The number of hydrogen-bond acceptors (Lipinski definition) is 6. The molecule has 0 spiro atoms. The van der Waals surface area contributed by atoms with Crippen LogP contribution in [0.3, 0.4) is 0 Å². The molecule has 0 radical (unpaired) electrons. The summed E-state index contributed by atoms with van der Waals surface area (Å²) in [7, 11) is 1.08. The van der Waals surface area contributed by atoms with Crippen molar-refractivity contribution < 1.29 is 46.2 Å². The van der Waals surface area contributed by atoms with Gasteiger partial charge in [-0.05, 0) is 57.4 Å². The van der Waals surface area contributed by atoms with Crippen LogP contribution >= 0.6 is 11.6 Å². The summed E-state index contributed by atoms with van der Waals surface area (Å²) in [6.45, 7) is 3.84. The zero-order chi connectivity index (χ0) is 29.9. The van der Waals surface area contributed by atoms with Gasteiger partial charge in [-0.25, -0.2) is 28.3 Å². The van der Waals surface area contributed by atoms with Gasteiger partial charge in [-0.1, -0.05) is 11.6 Å². The van der Waals surface area contributed by atoms with E-state index in [9.17, 15) is 41.4 Å². The molecule has 1 unspecified atom stereocenters. The summed E-state index contributed by atoms with van der Waals surface area (Å²) in [4.78, 5) is 45.7. The Morgan fingerprint density at radius 3 is 2.45 bits per heavy atom. The number of halogens is 6. The van der Waals surface area contributed by atoms with Crippen LogP contribution in [0.5, 0.6) is 0 Å². The van der Waals surface area contributed by atoms with E-state index in [1.54, 1.807) is 0 Å². The van der Waals surface area contributed by atoms with Crippen molar-refractivity contribution >= 4 is 41.1 Å². The fourth-order valence-electron chi connectivity index (χ4n) is 4.54. The van der Waals surface area contributed by atoms with Crippen molar-refractivity contribution in [2.45, 2.75) is 57.5 Å². The fourth-order valence-corrected chi connectivity index (χ4v) is 4.70. The minimum Gasteiger partial charge on any atom is -0.443 e. The maximum Gasteiger partial charge on any atom is 0.418 e. The fraction of sp³-hybridized carbons (Fsp3) is 0.440. The first-order valence-electron chi connectivity index (χ1n) is 12.0. The highest BCUT2D eigenvalue weighted by Gasteiger charge is 2.49. The van der Waals surface area contributed by atoms with Gasteiger partial charge < -0.3 is 14.7 Å². The number of amides is 4. The van der Waals surface area contributed by atoms with E-state index in [4.69, 9.17) is 16.3 Å². The maximum absolute atomic E-state index is 14.7. The minimum atomic E-state index is -4.90. The second-order valence-electron chi connectivity index (χ2n) is 10.3. The number of fused-ring (bicyclic) bond motifs is 1. The molecule has 2 aromatic rings. The van der Waals surface area contributed by atoms with Gasteiger partial charge in [0.2, 0.25) is 0 Å². The normalized spacial score (nSPS) is 19.2. The molecule has 1 aliphatic heterocycles. The largest absolute Gasteiger partial charge is 0.443 e. The summed E-state index contributed by atoms with van der Waals surface area (Å²) in [5, 5.41) is 9.38. The Balaban J connectivity index is 1.83. The summed E-state index contributed by atoms with van der Waals surface area (Å²) in [6.07, 6.45) is -7.60. The van der Waals surface area contributed by atoms with Crippen LogP contribution in [0.25, 0.3) is 0 Å². The van der Waals surface area contributed by atoms with Gasteiger partial charge in [0, 0.05) is 7.05 Å². The van der Waals surface area contributed by atoms with Crippen LogP contribution in [0.4, 0.5) is 43.0 Å². The van der Waals surface area contributed by atoms with E-state index in [1.807, 2.05) is 0 Å². The Morgan fingerprint density at radius 2 is 1.85 bits per heavy atom. The molecule has 15 heteroatoms. The van der Waals surface area contributed by atoms with Gasteiger partial charge >= 0.3 is 18.3 Å². The average molecular weight is 591 g/mol. The molecule has 1 aromatic carbocycles. The number of carbonyl (C=O) groups is 3. The lowest BCUT2D eigenvalue weighted by Crippen LogP contribution is -2.47. The van der Waals surface area contributed by atoms with Gasteiger partial charge in [0.05, 0.1) is 29.6 Å². The number of anilines is 2. The Kier molecular flexibility index (Phi) is 7.47. The lowest BCUT2D eigenvalue weighted by atomic mass is 10.1. The summed E-state index contributed by atoms with van der Waals surface area (Å²) in [5.41, 5.74) is -3.29. The molecule has 1 aliphatic carbocycles. The van der Waals surface area contributed by atoms with Crippen molar-refractivity contribution in [1.29, 1.82) is 0 Å². The van der Waals surface area contributed by atoms with Gasteiger partial charge in [0.1, 0.15) is 28.3 Å². The molecule has 9 nitrogen and oxygen atoms in total. The smallest absolute Gasteiger partial charge is 0.418 e. The van der Waals surface area contributed by atoms with E-state index in [0.29, 0.717) is 20.8 Å². The van der Waals surface area contributed by atoms with Crippen LogP contribution in [0.2, 0.25) is 5.02 Å². The second-order valence-corrected chi connectivity index (χ2v) is 10.7. The molecule has 2 aliphatic rings. The Hall–Kier alpha value is -3.52. The van der Waals surface area contributed by atoms with Gasteiger partial charge in [0.15, 0.2) is 5.82 Å². The van der Waals surface area contributed by atoms with Gasteiger partial charge in [-0.3, -0.25) is 9.69 Å². The monoisotopic (exact) mass is 590 g/mol. The number of aromatic nitrogens is 1. The molecule has 1 saturated heterocycles. The Bertz CT molecular complexity index is 1400. The number of imide groups is 1. The molecule has 40 heavy (non-hydrogen) atoms. The number of hydrogen-bond donors (Lipinski definition) is 1. The molecule has 0 saturated carbocycles. The van der Waals surface area contributed by atoms with Crippen molar-refractivity contribution in [3.05, 3.63) is 51.7 Å². The standard InChI is InChI=1S/C25H24ClF5N4O5/c1-24(2,3)40-23(39)34-10-15(21(37)33(4)14-7-6-13(27)18(26)19(14)28)35(22(34)38)17-9-12(25(29,30)31)11-5-8-16(36)20(11)32-17/h6-7,9,15-16,36H,5,8,10H2,1-4H3/t15-,16?/m0/s1. The van der Waals surface area contributed by atoms with Crippen LogP contribution in [0, 0.1) is 11.6 Å². The number of rotatable bonds is 3. The Labute approximate surface area is 230 Å². The van der Waals surface area contributed by atoms with E-state index in [0.717, 1.165) is 19.2 Å². The highest BCUT2D eigenvalue weighted by molar-refractivity contribution is 6.31. The van der Waals surface area contributed by atoms with Crippen LogP contribution < -0.4 is 9.80 Å². The van der Waals surface area contributed by atoms with E-state index >= 15 is 0 Å². The van der Waals surface area contributed by atoms with Crippen molar-refractivity contribution in [3.63, 3.8) is 0 Å². The van der Waals surface area contributed by atoms with Crippen LogP contribution in [-0.2, 0) is 22.1 Å². The Morgan fingerprint density at radius 1 is 1.20 bits per heavy atom. The first kappa shape index (κ1) is 29.5. The number of pyridine rings is 1. The highest BCUT2D eigenvalue weighted by atomic mass is 35.5. The van der Waals surface area contributed by atoms with Gasteiger partial charge in [0.25, 0.3) is 5.91 Å². The molecule has 1 N–H and O–H groups in total. The van der Waals surface area contributed by atoms with E-state index in [-0.39, 0.29) is 24.1 Å². The summed E-state index contributed by atoms with van der Waals surface area (Å²) in [6, 6.07) is -0.672. The highest BCUT2D eigenvalue weighted by Crippen LogP contribution is 2.42. The predicted octanol–water partition coefficient (Wildman–Crippen LogP) is 5.22. The quantitative estimate of drug-likeness (QED) is 0.388. The number of ether oxygens (including phenoxy) is 1. The molecule has 4 rings (SSSR count). The van der Waals surface area contributed by atoms with Gasteiger partial charge in [-0.2, -0.15) is 13.2 Å². The number of likely N-dealkylation sites (N-methyl/N-ethyl adjacent to an activating group) is 1. The first-order chi connectivity index (χ1) is 18.4. The third-order valence-electron chi connectivity index (χ3n) is 6.39. The number of aliphatic hydroxyl groups is 1. The average Bonchev–Trinajstić information content (AvgIpc) is 3.39. The van der Waals surface area contributed by atoms with E-state index < -0.39 is 82.2 Å². The third-order valence-corrected chi connectivity index (χ3v) is 6.73. The minimum absolute atomic E-state index is 0.0391. The summed E-state index contributed by atoms with van der Waals surface area (Å²) < 4.78 is 75.6. The number of benzene rings is 1. The molecular formula is C25H24ClF5N4O5. The van der Waals surface area contributed by atoms with E-state index in [2.05, 4.69) is 4.98 Å². The lowest BCUT2D eigenvalue weighted by molar-refractivity contribution is -0.138. The molecule has 0 bridgehead atoms. The molecule has 2 atom stereocenters. The van der Waals surface area contributed by atoms with E-state index in [1.165, 1.54) is 20.8 Å². The molecular weight excluding hydrogens is 567 g/mol. The van der Waals surface area contributed by atoms with Crippen LogP contribution in [-0.4, -0.2) is 58.3 Å². The first-order valence-corrected chi connectivity index (χ1v) is 12.3. The third kappa shape index (κ3) is 5.29. The number of urea groups is 1. The van der Waals surface area contributed by atoms with Crippen molar-refractivity contribution in [2.24, 2.45) is 0 Å². The number of alkyl halides is 3. The van der Waals surface area contributed by atoms with Crippen molar-refractivity contribution in [2.75, 3.05) is 23.4 Å². The number of aliphatic hydroxyl groups excluding tert-OH is 1. The predicted molar refractivity (Wildman–Crippen MR) is 132 cm³/mol. The van der Waals surface area contributed by atoms with Gasteiger partial charge in [-0.15, -0.1) is 0 Å². The van der Waals surface area contributed by atoms with Crippen LogP contribution in [0.1, 0.15) is 50.1 Å². The number of carbonyl (C=O) groups excluding carboxylic acids is 3. The molecule has 216 valence electrons. The SMILES string of the molecule is CN(C(=O)[C@@H]1CN(C(=O)OC(C)(C)C)C(=O)N1c1cc(C(F)(F)F)c2c(n1)C(O)CC2)c1ccc(F)c(Cl)c1F. The summed E-state index contributed by atoms with van der Waals surface area (Å²) >= 11 is 5.63. The topological polar surface area (TPSA) is 103 Å². The maximum atomic E-state index is 14.7. The van der Waals surface area contributed by atoms with Crippen molar-refractivity contribution in [3.8, 4) is 0 Å². The zero-order valence-corrected chi connectivity index (χ0v) is 22.4. The molecule has 2 heterocycles. The number of nitrogens with zero attached hydrogens (tertiary/aromatic N) is 4. The zero-order valence-electron chi connectivity index (χ0n) is 21.6. The molecule has 4 amide bonds. The van der Waals surface area contributed by atoms with Crippen LogP contribution in [0.15, 0.2) is 18.2 Å².